The van der Waals surface area contributed by atoms with Crippen LogP contribution >= 0.6 is 0 Å². The SMILES string of the molecule is COc1ccc([C@H](NCCC[C@H](C)O)C(C)C)cc1. The van der Waals surface area contributed by atoms with E-state index in [2.05, 4.69) is 31.3 Å². The van der Waals surface area contributed by atoms with E-state index in [4.69, 9.17) is 4.74 Å². The third-order valence-electron chi connectivity index (χ3n) is 3.30. The molecule has 0 heterocycles. The van der Waals surface area contributed by atoms with E-state index in [1.165, 1.54) is 5.56 Å². The minimum atomic E-state index is -0.208. The zero-order valence-electron chi connectivity index (χ0n) is 12.5. The van der Waals surface area contributed by atoms with Gasteiger partial charge in [0.25, 0.3) is 0 Å². The molecule has 0 saturated carbocycles. The lowest BCUT2D eigenvalue weighted by atomic mass is 9.96. The summed E-state index contributed by atoms with van der Waals surface area (Å²) in [4.78, 5) is 0. The molecule has 0 aliphatic heterocycles. The third kappa shape index (κ3) is 5.62. The Bertz CT molecular complexity index is 346. The van der Waals surface area contributed by atoms with Crippen molar-refractivity contribution in [2.45, 2.75) is 45.8 Å². The van der Waals surface area contributed by atoms with Crippen molar-refractivity contribution in [3.8, 4) is 5.75 Å². The number of benzene rings is 1. The fraction of sp³-hybridized carbons (Fsp3) is 0.625. The molecular formula is C16H27NO2. The van der Waals surface area contributed by atoms with Crippen LogP contribution in [0.2, 0.25) is 0 Å². The van der Waals surface area contributed by atoms with Crippen molar-refractivity contribution < 1.29 is 9.84 Å². The minimum Gasteiger partial charge on any atom is -0.497 e. The van der Waals surface area contributed by atoms with E-state index in [1.54, 1.807) is 7.11 Å². The first-order valence-electron chi connectivity index (χ1n) is 7.10. The smallest absolute Gasteiger partial charge is 0.118 e. The van der Waals surface area contributed by atoms with Crippen molar-refractivity contribution in [2.75, 3.05) is 13.7 Å². The van der Waals surface area contributed by atoms with Crippen molar-refractivity contribution >= 4 is 0 Å². The molecular weight excluding hydrogens is 238 g/mol. The summed E-state index contributed by atoms with van der Waals surface area (Å²) in [6, 6.07) is 8.58. The number of nitrogens with one attached hydrogen (secondary N) is 1. The van der Waals surface area contributed by atoms with Gasteiger partial charge in [-0.2, -0.15) is 0 Å². The molecule has 0 aliphatic carbocycles. The fourth-order valence-electron chi connectivity index (χ4n) is 2.20. The Hall–Kier alpha value is -1.06. The highest BCUT2D eigenvalue weighted by Crippen LogP contribution is 2.23. The summed E-state index contributed by atoms with van der Waals surface area (Å²) in [5.74, 6) is 1.42. The molecule has 0 unspecified atom stereocenters. The van der Waals surface area contributed by atoms with Crippen molar-refractivity contribution in [1.29, 1.82) is 0 Å². The fourth-order valence-corrected chi connectivity index (χ4v) is 2.20. The second kappa shape index (κ2) is 8.18. The highest BCUT2D eigenvalue weighted by molar-refractivity contribution is 5.29. The van der Waals surface area contributed by atoms with E-state index in [1.807, 2.05) is 19.1 Å². The van der Waals surface area contributed by atoms with Gasteiger partial charge >= 0.3 is 0 Å². The number of ether oxygens (including phenoxy) is 1. The van der Waals surface area contributed by atoms with Gasteiger partial charge in [0.05, 0.1) is 13.2 Å². The van der Waals surface area contributed by atoms with Crippen LogP contribution in [0.25, 0.3) is 0 Å². The van der Waals surface area contributed by atoms with Gasteiger partial charge in [0, 0.05) is 6.04 Å². The lowest BCUT2D eigenvalue weighted by molar-refractivity contribution is 0.180. The average Bonchev–Trinajstić information content (AvgIpc) is 2.38. The Morgan fingerprint density at radius 2 is 1.79 bits per heavy atom. The zero-order chi connectivity index (χ0) is 14.3. The summed E-state index contributed by atoms with van der Waals surface area (Å²) < 4.78 is 5.19. The molecule has 0 radical (unpaired) electrons. The largest absolute Gasteiger partial charge is 0.497 e. The van der Waals surface area contributed by atoms with Crippen LogP contribution in [0.3, 0.4) is 0 Å². The van der Waals surface area contributed by atoms with Crippen LogP contribution in [0.5, 0.6) is 5.75 Å². The zero-order valence-corrected chi connectivity index (χ0v) is 12.5. The summed E-state index contributed by atoms with van der Waals surface area (Å²) in [7, 11) is 1.68. The predicted molar refractivity (Wildman–Crippen MR) is 79.5 cm³/mol. The van der Waals surface area contributed by atoms with Crippen LogP contribution in [0, 0.1) is 5.92 Å². The molecule has 0 fully saturated rings. The standard InChI is InChI=1S/C16H27NO2/c1-12(2)16(17-11-5-6-13(3)18)14-7-9-15(19-4)10-8-14/h7-10,12-13,16-18H,5-6,11H2,1-4H3/t13-,16+/m0/s1. The van der Waals surface area contributed by atoms with Crippen LogP contribution in [0.15, 0.2) is 24.3 Å². The summed E-state index contributed by atoms with van der Waals surface area (Å²) in [5, 5.41) is 12.8. The lowest BCUT2D eigenvalue weighted by Gasteiger charge is -2.23. The summed E-state index contributed by atoms with van der Waals surface area (Å²) >= 11 is 0. The Balaban J connectivity index is 2.56. The number of hydrogen-bond donors (Lipinski definition) is 2. The van der Waals surface area contributed by atoms with Gasteiger partial charge in [0.1, 0.15) is 5.75 Å². The van der Waals surface area contributed by atoms with Crippen LogP contribution < -0.4 is 10.1 Å². The number of aliphatic hydroxyl groups is 1. The molecule has 108 valence electrons. The number of aliphatic hydroxyl groups excluding tert-OH is 1. The maximum absolute atomic E-state index is 9.26. The molecule has 0 aromatic heterocycles. The maximum Gasteiger partial charge on any atom is 0.118 e. The van der Waals surface area contributed by atoms with Crippen LogP contribution in [0.4, 0.5) is 0 Å². The molecule has 1 aromatic carbocycles. The first kappa shape index (κ1) is 16.0. The quantitative estimate of drug-likeness (QED) is 0.710. The van der Waals surface area contributed by atoms with Crippen molar-refractivity contribution in [1.82, 2.24) is 5.32 Å². The second-order valence-electron chi connectivity index (χ2n) is 5.44. The highest BCUT2D eigenvalue weighted by Gasteiger charge is 2.14. The molecule has 0 amide bonds. The Morgan fingerprint density at radius 3 is 2.26 bits per heavy atom. The van der Waals surface area contributed by atoms with Gasteiger partial charge in [-0.15, -0.1) is 0 Å². The normalized spacial score (nSPS) is 14.4. The third-order valence-corrected chi connectivity index (χ3v) is 3.30. The number of hydrogen-bond acceptors (Lipinski definition) is 3. The molecule has 1 aromatic rings. The summed E-state index contributed by atoms with van der Waals surface area (Å²) in [6.07, 6.45) is 1.64. The maximum atomic E-state index is 9.26. The molecule has 0 saturated heterocycles. The van der Waals surface area contributed by atoms with E-state index in [0.717, 1.165) is 25.1 Å². The molecule has 3 heteroatoms. The topological polar surface area (TPSA) is 41.5 Å². The van der Waals surface area contributed by atoms with E-state index in [-0.39, 0.29) is 6.10 Å². The number of methoxy groups -OCH3 is 1. The van der Waals surface area contributed by atoms with E-state index < -0.39 is 0 Å². The van der Waals surface area contributed by atoms with Gasteiger partial charge in [-0.05, 0) is 49.9 Å². The van der Waals surface area contributed by atoms with Gasteiger partial charge in [-0.25, -0.2) is 0 Å². The first-order valence-corrected chi connectivity index (χ1v) is 7.10. The van der Waals surface area contributed by atoms with Crippen LogP contribution in [-0.4, -0.2) is 24.9 Å². The van der Waals surface area contributed by atoms with Crippen molar-refractivity contribution in [2.24, 2.45) is 5.92 Å². The molecule has 0 aliphatic rings. The lowest BCUT2D eigenvalue weighted by Crippen LogP contribution is -2.27. The monoisotopic (exact) mass is 265 g/mol. The van der Waals surface area contributed by atoms with Gasteiger partial charge in [-0.1, -0.05) is 26.0 Å². The predicted octanol–water partition coefficient (Wildman–Crippen LogP) is 3.14. The minimum absolute atomic E-state index is 0.208. The van der Waals surface area contributed by atoms with Crippen molar-refractivity contribution in [3.05, 3.63) is 29.8 Å². The molecule has 3 nitrogen and oxygen atoms in total. The van der Waals surface area contributed by atoms with Crippen molar-refractivity contribution in [3.63, 3.8) is 0 Å². The summed E-state index contributed by atoms with van der Waals surface area (Å²) in [6.45, 7) is 7.20. The van der Waals surface area contributed by atoms with Gasteiger partial charge in [0.2, 0.25) is 0 Å². The van der Waals surface area contributed by atoms with Crippen LogP contribution in [-0.2, 0) is 0 Å². The molecule has 1 rings (SSSR count). The van der Waals surface area contributed by atoms with Crippen LogP contribution in [0.1, 0.15) is 45.2 Å². The Kier molecular flexibility index (Phi) is 6.89. The number of rotatable bonds is 8. The van der Waals surface area contributed by atoms with E-state index >= 15 is 0 Å². The van der Waals surface area contributed by atoms with Gasteiger partial charge < -0.3 is 15.2 Å². The molecule has 2 N–H and O–H groups in total. The average molecular weight is 265 g/mol. The Labute approximate surface area is 117 Å². The first-order chi connectivity index (χ1) is 9.04. The summed E-state index contributed by atoms with van der Waals surface area (Å²) in [5.41, 5.74) is 1.29. The molecule has 2 atom stereocenters. The van der Waals surface area contributed by atoms with Gasteiger partial charge in [0.15, 0.2) is 0 Å². The van der Waals surface area contributed by atoms with E-state index in [0.29, 0.717) is 12.0 Å². The highest BCUT2D eigenvalue weighted by atomic mass is 16.5. The Morgan fingerprint density at radius 1 is 1.16 bits per heavy atom. The molecule has 0 spiro atoms. The van der Waals surface area contributed by atoms with E-state index in [9.17, 15) is 5.11 Å². The second-order valence-corrected chi connectivity index (χ2v) is 5.44. The molecule has 19 heavy (non-hydrogen) atoms. The molecule has 0 bridgehead atoms. The van der Waals surface area contributed by atoms with Gasteiger partial charge in [-0.3, -0.25) is 0 Å².